The van der Waals surface area contributed by atoms with Gasteiger partial charge in [-0.25, -0.2) is 8.78 Å². The van der Waals surface area contributed by atoms with Gasteiger partial charge in [-0.05, 0) is 56.1 Å². The van der Waals surface area contributed by atoms with E-state index in [9.17, 15) is 13.9 Å². The number of likely N-dealkylation sites (tertiary alicyclic amines) is 1. The Balaban J connectivity index is 1.58. The van der Waals surface area contributed by atoms with Gasteiger partial charge in [0, 0.05) is 18.3 Å². The Morgan fingerprint density at radius 1 is 1.09 bits per heavy atom. The van der Waals surface area contributed by atoms with Crippen LogP contribution in [0.3, 0.4) is 0 Å². The molecule has 0 amide bonds. The van der Waals surface area contributed by atoms with Crippen molar-refractivity contribution < 1.29 is 13.9 Å². The Kier molecular flexibility index (Phi) is 4.98. The van der Waals surface area contributed by atoms with E-state index in [4.69, 9.17) is 0 Å². The number of nitrogens with zero attached hydrogens (tertiary/aromatic N) is 2. The van der Waals surface area contributed by atoms with Crippen molar-refractivity contribution in [1.29, 1.82) is 0 Å². The van der Waals surface area contributed by atoms with Gasteiger partial charge in [-0.1, -0.05) is 12.1 Å². The summed E-state index contributed by atoms with van der Waals surface area (Å²) < 4.78 is 27.4. The second-order valence-corrected chi connectivity index (χ2v) is 6.01. The van der Waals surface area contributed by atoms with Crippen LogP contribution in [-0.2, 0) is 6.54 Å². The van der Waals surface area contributed by atoms with E-state index in [0.717, 1.165) is 12.8 Å². The lowest BCUT2D eigenvalue weighted by Crippen LogP contribution is -2.35. The van der Waals surface area contributed by atoms with Crippen LogP contribution < -0.4 is 0 Å². The molecule has 0 aliphatic carbocycles. The molecular formula is C18H20F2N2O. The molecule has 0 radical (unpaired) electrons. The number of pyridine rings is 1. The minimum atomic E-state index is -0.580. The number of hydrogen-bond donors (Lipinski definition) is 1. The van der Waals surface area contributed by atoms with Crippen molar-refractivity contribution in [2.24, 2.45) is 5.92 Å². The standard InChI is InChI=1S/C18H20F2N2O/c19-15-4-3-5-16(20)14(15)12-22-10-7-13(8-11-22)18(23)17-6-1-2-9-21-17/h1-6,9,13,18,23H,7-8,10-12H2. The van der Waals surface area contributed by atoms with Gasteiger partial charge in [0.15, 0.2) is 0 Å². The lowest BCUT2D eigenvalue weighted by molar-refractivity contribution is 0.0534. The summed E-state index contributed by atoms with van der Waals surface area (Å²) in [6.07, 6.45) is 2.67. The molecule has 1 aliphatic rings. The summed E-state index contributed by atoms with van der Waals surface area (Å²) in [6, 6.07) is 9.46. The Hall–Kier alpha value is -1.85. The van der Waals surface area contributed by atoms with Gasteiger partial charge >= 0.3 is 0 Å². The largest absolute Gasteiger partial charge is 0.387 e. The first-order chi connectivity index (χ1) is 11.1. The maximum Gasteiger partial charge on any atom is 0.130 e. The quantitative estimate of drug-likeness (QED) is 0.939. The van der Waals surface area contributed by atoms with Crippen LogP contribution in [0.25, 0.3) is 0 Å². The van der Waals surface area contributed by atoms with Crippen LogP contribution in [0.2, 0.25) is 0 Å². The molecule has 5 heteroatoms. The maximum absolute atomic E-state index is 13.7. The highest BCUT2D eigenvalue weighted by atomic mass is 19.1. The molecule has 1 unspecified atom stereocenters. The zero-order chi connectivity index (χ0) is 16.2. The number of aliphatic hydroxyl groups is 1. The molecule has 0 saturated carbocycles. The Morgan fingerprint density at radius 2 is 1.78 bits per heavy atom. The zero-order valence-corrected chi connectivity index (χ0v) is 12.8. The molecule has 2 aromatic rings. The Morgan fingerprint density at radius 3 is 2.39 bits per heavy atom. The molecule has 122 valence electrons. The highest BCUT2D eigenvalue weighted by Crippen LogP contribution is 2.30. The zero-order valence-electron chi connectivity index (χ0n) is 12.8. The molecule has 0 bridgehead atoms. The van der Waals surface area contributed by atoms with E-state index < -0.39 is 17.7 Å². The lowest BCUT2D eigenvalue weighted by atomic mass is 9.89. The summed E-state index contributed by atoms with van der Waals surface area (Å²) in [7, 11) is 0. The molecule has 1 aromatic carbocycles. The molecule has 2 heterocycles. The van der Waals surface area contributed by atoms with Crippen molar-refractivity contribution in [3.05, 3.63) is 65.5 Å². The topological polar surface area (TPSA) is 36.4 Å². The fourth-order valence-electron chi connectivity index (χ4n) is 3.13. The second-order valence-electron chi connectivity index (χ2n) is 6.01. The van der Waals surface area contributed by atoms with Crippen molar-refractivity contribution in [2.75, 3.05) is 13.1 Å². The van der Waals surface area contributed by atoms with Crippen LogP contribution in [0, 0.1) is 17.6 Å². The lowest BCUT2D eigenvalue weighted by Gasteiger charge is -2.34. The summed E-state index contributed by atoms with van der Waals surface area (Å²) >= 11 is 0. The van der Waals surface area contributed by atoms with Crippen LogP contribution in [-0.4, -0.2) is 28.1 Å². The third kappa shape index (κ3) is 3.74. The third-order valence-electron chi connectivity index (χ3n) is 4.51. The number of hydrogen-bond acceptors (Lipinski definition) is 3. The second kappa shape index (κ2) is 7.15. The van der Waals surface area contributed by atoms with E-state index in [1.54, 1.807) is 6.20 Å². The van der Waals surface area contributed by atoms with Crippen LogP contribution in [0.1, 0.15) is 30.2 Å². The van der Waals surface area contributed by atoms with E-state index in [-0.39, 0.29) is 18.0 Å². The highest BCUT2D eigenvalue weighted by Gasteiger charge is 2.27. The van der Waals surface area contributed by atoms with Crippen LogP contribution in [0.15, 0.2) is 42.6 Å². The molecular weight excluding hydrogens is 298 g/mol. The van der Waals surface area contributed by atoms with E-state index in [0.29, 0.717) is 18.8 Å². The van der Waals surface area contributed by atoms with Gasteiger partial charge in [0.25, 0.3) is 0 Å². The Labute approximate surface area is 134 Å². The number of aromatic nitrogens is 1. The summed E-state index contributed by atoms with van der Waals surface area (Å²) in [4.78, 5) is 6.23. The van der Waals surface area contributed by atoms with Crippen LogP contribution in [0.5, 0.6) is 0 Å². The molecule has 3 nitrogen and oxygen atoms in total. The van der Waals surface area contributed by atoms with Crippen LogP contribution >= 0.6 is 0 Å². The van der Waals surface area contributed by atoms with Crippen molar-refractivity contribution in [2.45, 2.75) is 25.5 Å². The predicted octanol–water partition coefficient (Wildman–Crippen LogP) is 3.31. The number of benzene rings is 1. The first-order valence-corrected chi connectivity index (χ1v) is 7.89. The third-order valence-corrected chi connectivity index (χ3v) is 4.51. The average Bonchev–Trinajstić information content (AvgIpc) is 2.59. The number of aliphatic hydroxyl groups excluding tert-OH is 1. The molecule has 1 atom stereocenters. The van der Waals surface area contributed by atoms with Gasteiger partial charge in [-0.3, -0.25) is 9.88 Å². The molecule has 1 N–H and O–H groups in total. The molecule has 0 spiro atoms. The van der Waals surface area contributed by atoms with Gasteiger partial charge in [-0.2, -0.15) is 0 Å². The minimum absolute atomic E-state index is 0.122. The molecule has 3 rings (SSSR count). The SMILES string of the molecule is OC(c1ccccn1)C1CCN(Cc2c(F)cccc2F)CC1. The van der Waals surface area contributed by atoms with E-state index in [1.807, 2.05) is 23.1 Å². The first-order valence-electron chi connectivity index (χ1n) is 7.89. The predicted molar refractivity (Wildman–Crippen MR) is 83.6 cm³/mol. The summed E-state index contributed by atoms with van der Waals surface area (Å²) in [5, 5.41) is 10.4. The molecule has 1 saturated heterocycles. The van der Waals surface area contributed by atoms with Crippen molar-refractivity contribution in [1.82, 2.24) is 9.88 Å². The van der Waals surface area contributed by atoms with E-state index >= 15 is 0 Å². The molecule has 1 aromatic heterocycles. The van der Waals surface area contributed by atoms with E-state index in [1.165, 1.54) is 18.2 Å². The number of rotatable bonds is 4. The summed E-state index contributed by atoms with van der Waals surface area (Å²) in [6.45, 7) is 1.69. The van der Waals surface area contributed by atoms with E-state index in [2.05, 4.69) is 4.98 Å². The van der Waals surface area contributed by atoms with Gasteiger partial charge in [-0.15, -0.1) is 0 Å². The number of halogens is 2. The van der Waals surface area contributed by atoms with Crippen LogP contribution in [0.4, 0.5) is 8.78 Å². The number of piperidine rings is 1. The van der Waals surface area contributed by atoms with Crippen molar-refractivity contribution >= 4 is 0 Å². The summed E-state index contributed by atoms with van der Waals surface area (Å²) in [5.74, 6) is -0.868. The fraction of sp³-hybridized carbons (Fsp3) is 0.389. The van der Waals surface area contributed by atoms with Gasteiger partial charge < -0.3 is 5.11 Å². The smallest absolute Gasteiger partial charge is 0.130 e. The normalized spacial score (nSPS) is 18.0. The fourth-order valence-corrected chi connectivity index (χ4v) is 3.13. The summed E-state index contributed by atoms with van der Waals surface area (Å²) in [5.41, 5.74) is 0.808. The molecule has 23 heavy (non-hydrogen) atoms. The van der Waals surface area contributed by atoms with Crippen molar-refractivity contribution in [3.63, 3.8) is 0 Å². The average molecular weight is 318 g/mol. The molecule has 1 aliphatic heterocycles. The van der Waals surface area contributed by atoms with Crippen molar-refractivity contribution in [3.8, 4) is 0 Å². The highest BCUT2D eigenvalue weighted by molar-refractivity contribution is 5.19. The maximum atomic E-state index is 13.7. The monoisotopic (exact) mass is 318 g/mol. The van der Waals surface area contributed by atoms with Gasteiger partial charge in [0.05, 0.1) is 11.8 Å². The van der Waals surface area contributed by atoms with Gasteiger partial charge in [0.2, 0.25) is 0 Å². The van der Waals surface area contributed by atoms with Gasteiger partial charge in [0.1, 0.15) is 11.6 Å². The molecule has 1 fully saturated rings. The Bertz CT molecular complexity index is 622. The minimum Gasteiger partial charge on any atom is -0.387 e. The first kappa shape index (κ1) is 16.0.